The molecule has 7 nitrogen and oxygen atoms in total. The van der Waals surface area contributed by atoms with E-state index < -0.39 is 11.8 Å². The first-order valence-corrected chi connectivity index (χ1v) is 10.1. The number of ether oxygens (including phenoxy) is 1. The molecule has 0 saturated heterocycles. The number of methoxy groups -OCH3 is 1. The molecule has 0 unspecified atom stereocenters. The molecule has 3 rings (SSSR count). The monoisotopic (exact) mass is 431 g/mol. The number of hydrogen-bond donors (Lipinski definition) is 3. The van der Waals surface area contributed by atoms with Crippen LogP contribution in [-0.4, -0.2) is 24.8 Å². The Balaban J connectivity index is 1.60. The number of carbonyl (C=O) groups is 3. The summed E-state index contributed by atoms with van der Waals surface area (Å²) in [4.78, 5) is 37.3. The van der Waals surface area contributed by atoms with Crippen molar-refractivity contribution in [1.29, 1.82) is 0 Å². The Morgan fingerprint density at radius 2 is 1.47 bits per heavy atom. The molecule has 3 aromatic carbocycles. The van der Waals surface area contributed by atoms with Crippen LogP contribution < -0.4 is 20.7 Å². The normalized spacial score (nSPS) is 10.2. The molecule has 0 aliphatic carbocycles. The molecule has 0 spiro atoms. The van der Waals surface area contributed by atoms with Crippen molar-refractivity contribution in [2.24, 2.45) is 0 Å². The lowest BCUT2D eigenvalue weighted by molar-refractivity contribution is -0.136. The lowest BCUT2D eigenvalue weighted by atomic mass is 10.1. The number of carbonyl (C=O) groups excluding carboxylic acids is 3. The first-order chi connectivity index (χ1) is 15.5. The largest absolute Gasteiger partial charge is 0.496 e. The van der Waals surface area contributed by atoms with Crippen molar-refractivity contribution in [3.63, 3.8) is 0 Å². The van der Waals surface area contributed by atoms with Gasteiger partial charge in [-0.1, -0.05) is 60.2 Å². The van der Waals surface area contributed by atoms with E-state index in [1.807, 2.05) is 43.3 Å². The smallest absolute Gasteiger partial charge is 0.313 e. The minimum absolute atomic E-state index is 0.134. The summed E-state index contributed by atoms with van der Waals surface area (Å²) < 4.78 is 5.24. The van der Waals surface area contributed by atoms with Crippen LogP contribution >= 0.6 is 0 Å². The lowest BCUT2D eigenvalue weighted by Crippen LogP contribution is -2.35. The summed E-state index contributed by atoms with van der Waals surface area (Å²) in [5.74, 6) is -1.41. The zero-order valence-electron chi connectivity index (χ0n) is 18.0. The molecule has 32 heavy (non-hydrogen) atoms. The van der Waals surface area contributed by atoms with E-state index in [0.717, 1.165) is 16.7 Å². The molecule has 0 radical (unpaired) electrons. The molecule has 164 valence electrons. The fraction of sp³-hybridized carbons (Fsp3) is 0.160. The van der Waals surface area contributed by atoms with Gasteiger partial charge in [-0.05, 0) is 30.7 Å². The van der Waals surface area contributed by atoms with Crippen molar-refractivity contribution in [3.05, 3.63) is 95.1 Å². The molecular formula is C25H25N3O4. The molecule has 0 atom stereocenters. The third-order valence-corrected chi connectivity index (χ3v) is 4.83. The fourth-order valence-electron chi connectivity index (χ4n) is 3.06. The lowest BCUT2D eigenvalue weighted by Gasteiger charge is -2.12. The minimum Gasteiger partial charge on any atom is -0.496 e. The summed E-state index contributed by atoms with van der Waals surface area (Å²) >= 11 is 0. The topological polar surface area (TPSA) is 96.5 Å². The van der Waals surface area contributed by atoms with E-state index in [1.165, 1.54) is 7.11 Å². The van der Waals surface area contributed by atoms with E-state index in [4.69, 9.17) is 4.74 Å². The molecule has 0 fully saturated rings. The summed E-state index contributed by atoms with van der Waals surface area (Å²) in [6.07, 6.45) is 0. The number of aryl methyl sites for hydroxylation is 1. The Morgan fingerprint density at radius 3 is 2.22 bits per heavy atom. The van der Waals surface area contributed by atoms with Crippen molar-refractivity contribution in [1.82, 2.24) is 10.6 Å². The number of benzene rings is 3. The predicted molar refractivity (Wildman–Crippen MR) is 122 cm³/mol. The molecule has 3 amide bonds. The highest BCUT2D eigenvalue weighted by atomic mass is 16.5. The van der Waals surface area contributed by atoms with Crippen LogP contribution in [0.15, 0.2) is 72.8 Å². The van der Waals surface area contributed by atoms with Gasteiger partial charge in [0.1, 0.15) is 5.75 Å². The number of hydrogen-bond acceptors (Lipinski definition) is 4. The molecule has 3 aromatic rings. The van der Waals surface area contributed by atoms with Gasteiger partial charge >= 0.3 is 11.8 Å². The van der Waals surface area contributed by atoms with Crippen LogP contribution in [0.4, 0.5) is 5.69 Å². The highest BCUT2D eigenvalue weighted by Gasteiger charge is 2.18. The second kappa shape index (κ2) is 10.8. The molecule has 0 aliphatic heterocycles. The summed E-state index contributed by atoms with van der Waals surface area (Å²) in [6, 6.07) is 21.6. The highest BCUT2D eigenvalue weighted by Crippen LogP contribution is 2.17. The molecule has 0 bridgehead atoms. The molecular weight excluding hydrogens is 406 g/mol. The minimum atomic E-state index is -0.862. The van der Waals surface area contributed by atoms with E-state index in [2.05, 4.69) is 16.0 Å². The van der Waals surface area contributed by atoms with Crippen LogP contribution in [0.25, 0.3) is 0 Å². The van der Waals surface area contributed by atoms with Gasteiger partial charge in [-0.15, -0.1) is 0 Å². The van der Waals surface area contributed by atoms with Crippen molar-refractivity contribution in [2.45, 2.75) is 20.0 Å². The summed E-state index contributed by atoms with van der Waals surface area (Å²) in [6.45, 7) is 2.48. The van der Waals surface area contributed by atoms with Crippen LogP contribution in [-0.2, 0) is 22.7 Å². The van der Waals surface area contributed by atoms with Gasteiger partial charge < -0.3 is 20.7 Å². The summed E-state index contributed by atoms with van der Waals surface area (Å²) in [5.41, 5.74) is 3.36. The molecule has 3 N–H and O–H groups in total. The van der Waals surface area contributed by atoms with Crippen molar-refractivity contribution in [2.75, 3.05) is 12.4 Å². The van der Waals surface area contributed by atoms with Gasteiger partial charge in [0, 0.05) is 18.7 Å². The zero-order valence-corrected chi connectivity index (χ0v) is 18.0. The number of nitrogens with one attached hydrogen (secondary N) is 3. The Labute approximate surface area is 186 Å². The van der Waals surface area contributed by atoms with Gasteiger partial charge in [0.2, 0.25) is 0 Å². The predicted octanol–water partition coefficient (Wildman–Crippen LogP) is 3.19. The summed E-state index contributed by atoms with van der Waals surface area (Å²) in [7, 11) is 1.54. The van der Waals surface area contributed by atoms with Crippen LogP contribution in [0, 0.1) is 6.92 Å². The molecule has 0 aromatic heterocycles. The van der Waals surface area contributed by atoms with Crippen molar-refractivity contribution < 1.29 is 19.1 Å². The third kappa shape index (κ3) is 5.95. The van der Waals surface area contributed by atoms with Crippen LogP contribution in [0.1, 0.15) is 27.0 Å². The van der Waals surface area contributed by atoms with Crippen LogP contribution in [0.3, 0.4) is 0 Å². The summed E-state index contributed by atoms with van der Waals surface area (Å²) in [5, 5.41) is 7.91. The quantitative estimate of drug-likeness (QED) is 0.501. The zero-order chi connectivity index (χ0) is 22.9. The maximum absolute atomic E-state index is 12.7. The van der Waals surface area contributed by atoms with Gasteiger partial charge in [-0.25, -0.2) is 0 Å². The van der Waals surface area contributed by atoms with E-state index in [9.17, 15) is 14.4 Å². The Bertz CT molecular complexity index is 1110. The average Bonchev–Trinajstić information content (AvgIpc) is 2.82. The third-order valence-electron chi connectivity index (χ3n) is 4.83. The highest BCUT2D eigenvalue weighted by molar-refractivity contribution is 6.40. The van der Waals surface area contributed by atoms with Gasteiger partial charge in [-0.3, -0.25) is 14.4 Å². The Kier molecular flexibility index (Phi) is 7.59. The van der Waals surface area contributed by atoms with E-state index >= 15 is 0 Å². The fourth-order valence-corrected chi connectivity index (χ4v) is 3.06. The van der Waals surface area contributed by atoms with E-state index in [0.29, 0.717) is 12.3 Å². The van der Waals surface area contributed by atoms with Crippen molar-refractivity contribution >= 4 is 23.4 Å². The van der Waals surface area contributed by atoms with Crippen molar-refractivity contribution in [3.8, 4) is 5.75 Å². The van der Waals surface area contributed by atoms with Gasteiger partial charge in [-0.2, -0.15) is 0 Å². The van der Waals surface area contributed by atoms with Gasteiger partial charge in [0.15, 0.2) is 0 Å². The van der Waals surface area contributed by atoms with Gasteiger partial charge in [0.05, 0.1) is 18.4 Å². The Morgan fingerprint density at radius 1 is 0.781 bits per heavy atom. The first-order valence-electron chi connectivity index (χ1n) is 10.1. The van der Waals surface area contributed by atoms with Crippen LogP contribution in [0.2, 0.25) is 0 Å². The van der Waals surface area contributed by atoms with Crippen LogP contribution in [0.5, 0.6) is 5.75 Å². The van der Waals surface area contributed by atoms with Gasteiger partial charge in [0.25, 0.3) is 5.91 Å². The number of rotatable bonds is 7. The Hall–Kier alpha value is -4.13. The number of amides is 3. The number of para-hydroxylation sites is 2. The molecule has 0 heterocycles. The second-order valence-electron chi connectivity index (χ2n) is 7.16. The maximum Gasteiger partial charge on any atom is 0.313 e. The average molecular weight is 431 g/mol. The molecule has 0 saturated carbocycles. The standard InChI is InChI=1S/C25H25N3O4/c1-17-11-13-18(14-12-17)15-26-23(29)20-8-4-5-9-21(20)28-25(31)24(30)27-16-19-7-3-6-10-22(19)32-2/h3-14H,15-16H2,1-2H3,(H,26,29)(H,27,30)(H,28,31). The molecule has 0 aliphatic rings. The number of anilines is 1. The molecule has 7 heteroatoms. The van der Waals surface area contributed by atoms with E-state index in [-0.39, 0.29) is 23.7 Å². The SMILES string of the molecule is COc1ccccc1CNC(=O)C(=O)Nc1ccccc1C(=O)NCc1ccc(C)cc1. The second-order valence-corrected chi connectivity index (χ2v) is 7.16. The first kappa shape index (κ1) is 22.6. The van der Waals surface area contributed by atoms with E-state index in [1.54, 1.807) is 36.4 Å². The maximum atomic E-state index is 12.7.